The molecule has 1 aromatic rings. The Balaban J connectivity index is 2.08. The highest BCUT2D eigenvalue weighted by atomic mass is 79.9. The molecule has 0 radical (unpaired) electrons. The number of ketones is 2. The molecule has 33 heavy (non-hydrogen) atoms. The van der Waals surface area contributed by atoms with Gasteiger partial charge in [0, 0.05) is 16.0 Å². The first-order valence-corrected chi connectivity index (χ1v) is 10.9. The molecule has 0 saturated heterocycles. The normalized spacial score (nSPS) is 33.7. The lowest BCUT2D eigenvalue weighted by atomic mass is 9.55. The zero-order valence-corrected chi connectivity index (χ0v) is 19.5. The zero-order chi connectivity index (χ0) is 24.7. The van der Waals surface area contributed by atoms with E-state index in [1.807, 2.05) is 0 Å². The van der Waals surface area contributed by atoms with Crippen LogP contribution in [0.4, 0.5) is 0 Å². The van der Waals surface area contributed by atoms with E-state index in [0.717, 1.165) is 0 Å². The van der Waals surface area contributed by atoms with Crippen LogP contribution in [-0.2, 0) is 9.59 Å². The van der Waals surface area contributed by atoms with Crippen molar-refractivity contribution >= 4 is 33.4 Å². The lowest BCUT2D eigenvalue weighted by Crippen LogP contribution is -2.68. The third-order valence-electron chi connectivity index (χ3n) is 7.06. The van der Waals surface area contributed by atoms with Crippen LogP contribution >= 0.6 is 15.9 Å². The van der Waals surface area contributed by atoms with Crippen LogP contribution in [0.5, 0.6) is 5.75 Å². The molecular formula is C22H23BrN2O8. The van der Waals surface area contributed by atoms with E-state index < -0.39 is 75.6 Å². The number of carbonyl (C=O) groups excluding carboxylic acids is 3. The molecular weight excluding hydrogens is 500 g/mol. The number of likely N-dealkylation sites (N-methyl/N-ethyl adjacent to an activating group) is 1. The standard InChI is InChI=1S/C22H23BrN2O8/c1-6-9-7(23)4-5-8(26)11(9)16(27)12-10(6)17(28)14-15(25(2)3)18(29)13(21(24)32)20(31)22(14,33)19(12)30/h4-6,10,14-15,17,26,28-30,33H,1-3H3,(H2,24,32)/t6-,10+,14+,15-,17-,22-/m0/s1. The summed E-state index contributed by atoms with van der Waals surface area (Å²) in [7, 11) is 2.97. The minimum Gasteiger partial charge on any atom is -0.510 e. The van der Waals surface area contributed by atoms with Gasteiger partial charge in [-0.1, -0.05) is 22.9 Å². The Hall–Kier alpha value is -2.73. The van der Waals surface area contributed by atoms with Crippen LogP contribution in [0, 0.1) is 11.8 Å². The number of aliphatic hydroxyl groups excluding tert-OH is 3. The average Bonchev–Trinajstić information content (AvgIpc) is 2.72. The monoisotopic (exact) mass is 522 g/mol. The second kappa shape index (κ2) is 7.39. The Morgan fingerprint density at radius 2 is 1.79 bits per heavy atom. The van der Waals surface area contributed by atoms with Crippen LogP contribution in [0.2, 0.25) is 0 Å². The Bertz CT molecular complexity index is 1190. The van der Waals surface area contributed by atoms with Gasteiger partial charge in [0.15, 0.2) is 11.4 Å². The summed E-state index contributed by atoms with van der Waals surface area (Å²) < 4.78 is 0.491. The second-order valence-electron chi connectivity index (χ2n) is 8.91. The summed E-state index contributed by atoms with van der Waals surface area (Å²) in [5.41, 5.74) is 1.27. The molecule has 11 heteroatoms. The lowest BCUT2D eigenvalue weighted by Gasteiger charge is -2.53. The third kappa shape index (κ3) is 2.79. The summed E-state index contributed by atoms with van der Waals surface area (Å²) in [6, 6.07) is 1.53. The quantitative estimate of drug-likeness (QED) is 0.299. The van der Waals surface area contributed by atoms with Crippen LogP contribution in [-0.4, -0.2) is 79.7 Å². The predicted octanol–water partition coefficient (Wildman–Crippen LogP) is 0.415. The van der Waals surface area contributed by atoms with Crippen molar-refractivity contribution < 1.29 is 39.9 Å². The van der Waals surface area contributed by atoms with E-state index >= 15 is 0 Å². The van der Waals surface area contributed by atoms with Gasteiger partial charge in [-0.3, -0.25) is 19.3 Å². The number of nitrogens with two attached hydrogens (primary N) is 1. The number of hydrogen-bond acceptors (Lipinski definition) is 9. The Morgan fingerprint density at radius 1 is 1.18 bits per heavy atom. The van der Waals surface area contributed by atoms with Crippen molar-refractivity contribution in [2.24, 2.45) is 17.6 Å². The first-order valence-electron chi connectivity index (χ1n) is 10.1. The minimum absolute atomic E-state index is 0.134. The summed E-state index contributed by atoms with van der Waals surface area (Å²) in [4.78, 5) is 40.0. The Morgan fingerprint density at radius 3 is 2.33 bits per heavy atom. The van der Waals surface area contributed by atoms with Gasteiger partial charge in [0.1, 0.15) is 22.8 Å². The van der Waals surface area contributed by atoms with E-state index in [-0.39, 0.29) is 11.3 Å². The maximum absolute atomic E-state index is 13.4. The van der Waals surface area contributed by atoms with Crippen LogP contribution in [0.15, 0.2) is 39.3 Å². The fraction of sp³-hybridized carbons (Fsp3) is 0.409. The molecule has 1 aromatic carbocycles. The van der Waals surface area contributed by atoms with Gasteiger partial charge < -0.3 is 31.3 Å². The first-order chi connectivity index (χ1) is 15.3. The van der Waals surface area contributed by atoms with Gasteiger partial charge in [-0.05, 0) is 37.7 Å². The van der Waals surface area contributed by atoms with Gasteiger partial charge >= 0.3 is 0 Å². The van der Waals surface area contributed by atoms with Crippen molar-refractivity contribution in [3.05, 3.63) is 50.4 Å². The molecule has 4 rings (SSSR count). The van der Waals surface area contributed by atoms with Crippen molar-refractivity contribution in [3.63, 3.8) is 0 Å². The fourth-order valence-corrected chi connectivity index (χ4v) is 6.34. The average molecular weight is 523 g/mol. The molecule has 0 heterocycles. The number of halogens is 1. The number of benzene rings is 1. The maximum Gasteiger partial charge on any atom is 0.255 e. The molecule has 3 aliphatic rings. The molecule has 1 amide bonds. The van der Waals surface area contributed by atoms with E-state index in [9.17, 15) is 39.9 Å². The summed E-state index contributed by atoms with van der Waals surface area (Å²) >= 11 is 3.36. The molecule has 0 aromatic heterocycles. The number of phenols is 1. The minimum atomic E-state index is -2.91. The smallest absolute Gasteiger partial charge is 0.255 e. The van der Waals surface area contributed by atoms with Crippen molar-refractivity contribution in [2.45, 2.75) is 30.6 Å². The number of phenolic OH excluding ortho intramolecular Hbond substituents is 1. The summed E-state index contributed by atoms with van der Waals surface area (Å²) in [5, 5.41) is 55.4. The van der Waals surface area contributed by atoms with Crippen molar-refractivity contribution in [1.29, 1.82) is 0 Å². The highest BCUT2D eigenvalue weighted by Crippen LogP contribution is 2.56. The van der Waals surface area contributed by atoms with Crippen molar-refractivity contribution in [1.82, 2.24) is 4.90 Å². The Labute approximate surface area is 196 Å². The van der Waals surface area contributed by atoms with E-state index in [4.69, 9.17) is 5.73 Å². The van der Waals surface area contributed by atoms with Crippen LogP contribution in [0.1, 0.15) is 28.8 Å². The number of fused-ring (bicyclic) bond motifs is 3. The topological polar surface area (TPSA) is 182 Å². The number of aliphatic hydroxyl groups is 4. The van der Waals surface area contributed by atoms with E-state index in [0.29, 0.717) is 10.0 Å². The molecule has 10 nitrogen and oxygen atoms in total. The lowest BCUT2D eigenvalue weighted by molar-refractivity contribution is -0.162. The number of nitrogens with zero attached hydrogens (tertiary/aromatic N) is 1. The SMILES string of the molecule is C[C@H]1c2c(Br)ccc(O)c2C(=O)C2=C(O)[C@]3(O)C(=O)C(C(N)=O)=C(O)[C@@H](N(C)C)[C@@H]3[C@@H](O)[C@@H]21. The van der Waals surface area contributed by atoms with Gasteiger partial charge in [-0.2, -0.15) is 0 Å². The summed E-state index contributed by atoms with van der Waals surface area (Å²) in [6.07, 6.45) is -1.62. The van der Waals surface area contributed by atoms with E-state index in [1.165, 1.54) is 25.1 Å². The second-order valence-corrected chi connectivity index (χ2v) is 9.76. The van der Waals surface area contributed by atoms with Crippen molar-refractivity contribution in [2.75, 3.05) is 14.1 Å². The molecule has 176 valence electrons. The van der Waals surface area contributed by atoms with Gasteiger partial charge in [0.05, 0.1) is 23.6 Å². The van der Waals surface area contributed by atoms with Gasteiger partial charge in [-0.25, -0.2) is 0 Å². The fourth-order valence-electron chi connectivity index (χ4n) is 5.65. The number of hydrogen-bond donors (Lipinski definition) is 6. The number of Topliss-reactive ketones (excluding diaryl/α,β-unsaturated/α-hetero) is 2. The van der Waals surface area contributed by atoms with E-state index in [2.05, 4.69) is 15.9 Å². The molecule has 3 aliphatic carbocycles. The maximum atomic E-state index is 13.4. The molecule has 0 unspecified atom stereocenters. The van der Waals surface area contributed by atoms with E-state index in [1.54, 1.807) is 13.0 Å². The molecule has 0 spiro atoms. The molecule has 0 fully saturated rings. The van der Waals surface area contributed by atoms with Gasteiger partial charge in [-0.15, -0.1) is 0 Å². The predicted molar refractivity (Wildman–Crippen MR) is 117 cm³/mol. The number of carbonyl (C=O) groups is 3. The highest BCUT2D eigenvalue weighted by Gasteiger charge is 2.67. The molecule has 0 bridgehead atoms. The number of amides is 1. The largest absolute Gasteiger partial charge is 0.510 e. The number of primary amides is 1. The molecule has 7 N–H and O–H groups in total. The molecule has 0 aliphatic heterocycles. The van der Waals surface area contributed by atoms with Crippen LogP contribution < -0.4 is 5.73 Å². The van der Waals surface area contributed by atoms with Gasteiger partial charge in [0.25, 0.3) is 5.91 Å². The molecule has 6 atom stereocenters. The first kappa shape index (κ1) is 23.4. The number of aromatic hydroxyl groups is 1. The third-order valence-corrected chi connectivity index (χ3v) is 7.75. The van der Waals surface area contributed by atoms with Crippen LogP contribution in [0.3, 0.4) is 0 Å². The number of rotatable bonds is 2. The summed E-state index contributed by atoms with van der Waals surface area (Å²) in [5.74, 6) is -9.05. The highest BCUT2D eigenvalue weighted by molar-refractivity contribution is 9.10. The van der Waals surface area contributed by atoms with Crippen molar-refractivity contribution in [3.8, 4) is 5.75 Å². The zero-order valence-electron chi connectivity index (χ0n) is 17.9. The summed E-state index contributed by atoms with van der Waals surface area (Å²) in [6.45, 7) is 1.67. The van der Waals surface area contributed by atoms with Crippen LogP contribution in [0.25, 0.3) is 0 Å². The molecule has 0 saturated carbocycles. The van der Waals surface area contributed by atoms with Gasteiger partial charge in [0.2, 0.25) is 5.78 Å². The Kier molecular flexibility index (Phi) is 5.25.